The van der Waals surface area contributed by atoms with E-state index in [9.17, 15) is 13.2 Å². The van der Waals surface area contributed by atoms with Crippen molar-refractivity contribution in [2.24, 2.45) is 5.73 Å². The number of hydrogen-bond donors (Lipinski definition) is 2. The van der Waals surface area contributed by atoms with Crippen LogP contribution in [0.5, 0.6) is 5.75 Å². The Hall–Kier alpha value is -2.09. The SMILES string of the molecule is NC(Cc1ccc(O)cc1)c1nc(C(F)(F)F)no1. The quantitative estimate of drug-likeness (QED) is 0.893. The van der Waals surface area contributed by atoms with Crippen LogP contribution in [0, 0.1) is 0 Å². The fraction of sp³-hybridized carbons (Fsp3) is 0.273. The standard InChI is InChI=1S/C11H10F3N3O2/c12-11(13,14)10-16-9(19-17-10)8(15)5-6-1-3-7(18)4-2-6/h1-4,8,18H,5,15H2. The lowest BCUT2D eigenvalue weighted by Crippen LogP contribution is -2.14. The summed E-state index contributed by atoms with van der Waals surface area (Å²) >= 11 is 0. The minimum Gasteiger partial charge on any atom is -0.508 e. The van der Waals surface area contributed by atoms with Crippen LogP contribution in [-0.2, 0) is 12.6 Å². The Morgan fingerprint density at radius 3 is 2.42 bits per heavy atom. The van der Waals surface area contributed by atoms with E-state index >= 15 is 0 Å². The zero-order valence-corrected chi connectivity index (χ0v) is 9.55. The molecular weight excluding hydrogens is 263 g/mol. The molecule has 2 rings (SSSR count). The number of halogens is 3. The summed E-state index contributed by atoms with van der Waals surface area (Å²) in [6, 6.07) is 5.29. The van der Waals surface area contributed by atoms with E-state index < -0.39 is 18.0 Å². The van der Waals surface area contributed by atoms with E-state index in [0.29, 0.717) is 0 Å². The molecule has 1 aromatic heterocycles. The van der Waals surface area contributed by atoms with Crippen LogP contribution < -0.4 is 5.73 Å². The second kappa shape index (κ2) is 4.88. The first-order valence-corrected chi connectivity index (χ1v) is 5.30. The van der Waals surface area contributed by atoms with Crippen molar-refractivity contribution in [3.8, 4) is 5.75 Å². The van der Waals surface area contributed by atoms with Crippen molar-refractivity contribution in [3.63, 3.8) is 0 Å². The normalized spacial score (nSPS) is 13.5. The third-order valence-electron chi connectivity index (χ3n) is 2.40. The third-order valence-corrected chi connectivity index (χ3v) is 2.40. The number of aromatic nitrogens is 2. The van der Waals surface area contributed by atoms with Crippen LogP contribution in [0.3, 0.4) is 0 Å². The van der Waals surface area contributed by atoms with Gasteiger partial charge in [-0.3, -0.25) is 0 Å². The van der Waals surface area contributed by atoms with Crippen molar-refractivity contribution >= 4 is 0 Å². The predicted molar refractivity (Wildman–Crippen MR) is 58.0 cm³/mol. The number of hydrogen-bond acceptors (Lipinski definition) is 5. The van der Waals surface area contributed by atoms with Crippen LogP contribution in [0.2, 0.25) is 0 Å². The zero-order chi connectivity index (χ0) is 14.0. The lowest BCUT2D eigenvalue weighted by atomic mass is 10.1. The molecule has 3 N–H and O–H groups in total. The molecule has 0 bridgehead atoms. The number of nitrogens with zero attached hydrogens (tertiary/aromatic N) is 2. The van der Waals surface area contributed by atoms with Crippen molar-refractivity contribution < 1.29 is 22.8 Å². The third kappa shape index (κ3) is 3.22. The van der Waals surface area contributed by atoms with Gasteiger partial charge in [0.2, 0.25) is 5.89 Å². The highest BCUT2D eigenvalue weighted by molar-refractivity contribution is 5.26. The Bertz CT molecular complexity index is 551. The van der Waals surface area contributed by atoms with Gasteiger partial charge < -0.3 is 15.4 Å². The van der Waals surface area contributed by atoms with Crippen molar-refractivity contribution in [1.82, 2.24) is 10.1 Å². The monoisotopic (exact) mass is 273 g/mol. The van der Waals surface area contributed by atoms with Gasteiger partial charge in [-0.15, -0.1) is 0 Å². The van der Waals surface area contributed by atoms with Crippen molar-refractivity contribution in [2.45, 2.75) is 18.6 Å². The second-order valence-electron chi connectivity index (χ2n) is 3.93. The van der Waals surface area contributed by atoms with Gasteiger partial charge in [-0.05, 0) is 24.1 Å². The summed E-state index contributed by atoms with van der Waals surface area (Å²) in [5, 5.41) is 11.9. The molecule has 0 spiro atoms. The molecule has 8 heteroatoms. The number of alkyl halides is 3. The summed E-state index contributed by atoms with van der Waals surface area (Å²) in [7, 11) is 0. The average Bonchev–Trinajstić information content (AvgIpc) is 2.81. The zero-order valence-electron chi connectivity index (χ0n) is 9.55. The van der Waals surface area contributed by atoms with E-state index in [1.807, 2.05) is 0 Å². The lowest BCUT2D eigenvalue weighted by molar-refractivity contribution is -0.146. The fourth-order valence-corrected chi connectivity index (χ4v) is 1.47. The summed E-state index contributed by atoms with van der Waals surface area (Å²) in [6.45, 7) is 0. The molecule has 0 aliphatic rings. The minimum atomic E-state index is -4.65. The largest absolute Gasteiger partial charge is 0.508 e. The van der Waals surface area contributed by atoms with E-state index in [0.717, 1.165) is 5.56 Å². The maximum atomic E-state index is 12.3. The highest BCUT2D eigenvalue weighted by Crippen LogP contribution is 2.27. The number of phenolic OH excluding ortho intramolecular Hbond substituents is 1. The maximum Gasteiger partial charge on any atom is 0.455 e. The number of benzene rings is 1. The van der Waals surface area contributed by atoms with Crippen molar-refractivity contribution in [2.75, 3.05) is 0 Å². The first-order valence-electron chi connectivity index (χ1n) is 5.30. The lowest BCUT2D eigenvalue weighted by Gasteiger charge is -2.06. The summed E-state index contributed by atoms with van der Waals surface area (Å²) < 4.78 is 41.3. The molecule has 5 nitrogen and oxygen atoms in total. The Morgan fingerprint density at radius 1 is 1.26 bits per heavy atom. The van der Waals surface area contributed by atoms with Crippen molar-refractivity contribution in [1.29, 1.82) is 0 Å². The summed E-state index contributed by atoms with van der Waals surface area (Å²) in [5.41, 5.74) is 6.43. The van der Waals surface area contributed by atoms with Gasteiger partial charge in [-0.1, -0.05) is 17.3 Å². The van der Waals surface area contributed by atoms with Crippen LogP contribution in [0.25, 0.3) is 0 Å². The first-order chi connectivity index (χ1) is 8.86. The van der Waals surface area contributed by atoms with Gasteiger partial charge in [0, 0.05) is 0 Å². The molecule has 0 aliphatic heterocycles. The average molecular weight is 273 g/mol. The second-order valence-corrected chi connectivity index (χ2v) is 3.93. The predicted octanol–water partition coefficient (Wildman–Crippen LogP) is 2.04. The Labute approximate surface area is 105 Å². The van der Waals surface area contributed by atoms with E-state index in [2.05, 4.69) is 14.7 Å². The fourth-order valence-electron chi connectivity index (χ4n) is 1.47. The van der Waals surface area contributed by atoms with Crippen LogP contribution in [0.4, 0.5) is 13.2 Å². The Kier molecular flexibility index (Phi) is 3.43. The Balaban J connectivity index is 2.09. The summed E-state index contributed by atoms with van der Waals surface area (Å²) in [6.07, 6.45) is -4.43. The molecule has 1 unspecified atom stereocenters. The van der Waals surface area contributed by atoms with Gasteiger partial charge in [0.1, 0.15) is 5.75 Å². The van der Waals surface area contributed by atoms with Crippen LogP contribution in [-0.4, -0.2) is 15.2 Å². The minimum absolute atomic E-state index is 0.0921. The van der Waals surface area contributed by atoms with E-state index in [1.54, 1.807) is 12.1 Å². The molecule has 1 heterocycles. The number of nitrogens with two attached hydrogens (primary N) is 1. The van der Waals surface area contributed by atoms with E-state index in [-0.39, 0.29) is 18.1 Å². The molecule has 0 saturated heterocycles. The molecule has 1 atom stereocenters. The van der Waals surface area contributed by atoms with Crippen LogP contribution in [0.1, 0.15) is 23.3 Å². The van der Waals surface area contributed by atoms with Gasteiger partial charge in [-0.2, -0.15) is 18.2 Å². The van der Waals surface area contributed by atoms with Gasteiger partial charge in [0.15, 0.2) is 0 Å². The van der Waals surface area contributed by atoms with Gasteiger partial charge >= 0.3 is 6.18 Å². The Morgan fingerprint density at radius 2 is 1.89 bits per heavy atom. The highest BCUT2D eigenvalue weighted by Gasteiger charge is 2.37. The van der Waals surface area contributed by atoms with Crippen LogP contribution >= 0.6 is 0 Å². The first kappa shape index (κ1) is 13.3. The molecule has 2 aromatic rings. The molecular formula is C11H10F3N3O2. The molecule has 102 valence electrons. The van der Waals surface area contributed by atoms with E-state index in [1.165, 1.54) is 12.1 Å². The smallest absolute Gasteiger partial charge is 0.455 e. The van der Waals surface area contributed by atoms with Gasteiger partial charge in [0.25, 0.3) is 5.82 Å². The molecule has 0 fully saturated rings. The maximum absolute atomic E-state index is 12.3. The van der Waals surface area contributed by atoms with Crippen molar-refractivity contribution in [3.05, 3.63) is 41.5 Å². The topological polar surface area (TPSA) is 85.2 Å². The molecule has 0 aliphatic carbocycles. The van der Waals surface area contributed by atoms with Gasteiger partial charge in [0.05, 0.1) is 6.04 Å². The van der Waals surface area contributed by atoms with Crippen LogP contribution in [0.15, 0.2) is 28.8 Å². The summed E-state index contributed by atoms with van der Waals surface area (Å²) in [4.78, 5) is 3.22. The number of aromatic hydroxyl groups is 1. The number of phenols is 1. The van der Waals surface area contributed by atoms with E-state index in [4.69, 9.17) is 10.8 Å². The molecule has 0 saturated carbocycles. The highest BCUT2D eigenvalue weighted by atomic mass is 19.4. The van der Waals surface area contributed by atoms with Gasteiger partial charge in [-0.25, -0.2) is 0 Å². The molecule has 0 amide bonds. The molecule has 19 heavy (non-hydrogen) atoms. The number of rotatable bonds is 3. The molecule has 1 aromatic carbocycles. The summed E-state index contributed by atoms with van der Waals surface area (Å²) in [5.74, 6) is -1.53. The molecule has 0 radical (unpaired) electrons.